The van der Waals surface area contributed by atoms with Crippen LogP contribution in [0.25, 0.3) is 5.69 Å². The molecule has 0 saturated carbocycles. The lowest BCUT2D eigenvalue weighted by molar-refractivity contribution is 0.101. The second-order valence-electron chi connectivity index (χ2n) is 7.10. The molecule has 0 fully saturated rings. The van der Waals surface area contributed by atoms with Crippen molar-refractivity contribution in [1.29, 1.82) is 0 Å². The van der Waals surface area contributed by atoms with E-state index in [1.54, 1.807) is 47.3 Å². The molecular formula is C24H17Cl2FN4O3. The molecule has 0 aliphatic carbocycles. The average molecular weight is 499 g/mol. The number of amides is 2. The van der Waals surface area contributed by atoms with Gasteiger partial charge in [-0.15, -0.1) is 0 Å². The minimum absolute atomic E-state index is 0.177. The maximum Gasteiger partial charge on any atom is 0.258 e. The Balaban J connectivity index is 1.52. The van der Waals surface area contributed by atoms with Crippen molar-refractivity contribution in [1.82, 2.24) is 9.78 Å². The molecule has 1 heterocycles. The van der Waals surface area contributed by atoms with Crippen LogP contribution in [0.15, 0.2) is 73.1 Å². The van der Waals surface area contributed by atoms with Crippen LogP contribution in [0, 0.1) is 5.82 Å². The van der Waals surface area contributed by atoms with Gasteiger partial charge in [-0.1, -0.05) is 23.2 Å². The van der Waals surface area contributed by atoms with Gasteiger partial charge in [0.2, 0.25) is 0 Å². The van der Waals surface area contributed by atoms with Gasteiger partial charge >= 0.3 is 0 Å². The smallest absolute Gasteiger partial charge is 0.258 e. The fourth-order valence-corrected chi connectivity index (χ4v) is 3.41. The molecule has 0 bridgehead atoms. The second kappa shape index (κ2) is 9.94. The highest BCUT2D eigenvalue weighted by Gasteiger charge is 2.16. The van der Waals surface area contributed by atoms with Gasteiger partial charge in [0.25, 0.3) is 11.8 Å². The Morgan fingerprint density at radius 1 is 0.941 bits per heavy atom. The summed E-state index contributed by atoms with van der Waals surface area (Å²) in [5, 5.41) is 10.3. The Bertz CT molecular complexity index is 1370. The number of methoxy groups -OCH3 is 1. The topological polar surface area (TPSA) is 85.2 Å². The highest BCUT2D eigenvalue weighted by Crippen LogP contribution is 2.29. The number of ether oxygens (including phenoxy) is 1. The van der Waals surface area contributed by atoms with E-state index in [-0.39, 0.29) is 16.3 Å². The number of nitrogens with zero attached hydrogens (tertiary/aromatic N) is 2. The number of hydrogen-bond donors (Lipinski definition) is 2. The molecule has 34 heavy (non-hydrogen) atoms. The van der Waals surface area contributed by atoms with Crippen molar-refractivity contribution in [2.45, 2.75) is 0 Å². The number of carbonyl (C=O) groups is 2. The van der Waals surface area contributed by atoms with Gasteiger partial charge in [-0.2, -0.15) is 5.10 Å². The van der Waals surface area contributed by atoms with Crippen LogP contribution < -0.4 is 15.4 Å². The molecule has 4 rings (SSSR count). The van der Waals surface area contributed by atoms with Gasteiger partial charge in [0, 0.05) is 21.9 Å². The summed E-state index contributed by atoms with van der Waals surface area (Å²) in [6.45, 7) is 0. The van der Waals surface area contributed by atoms with E-state index < -0.39 is 17.6 Å². The van der Waals surface area contributed by atoms with Crippen LogP contribution in [0.1, 0.15) is 20.7 Å². The molecule has 7 nitrogen and oxygen atoms in total. The Hall–Kier alpha value is -3.88. The Morgan fingerprint density at radius 3 is 2.38 bits per heavy atom. The zero-order valence-electron chi connectivity index (χ0n) is 17.7. The number of carbonyl (C=O) groups excluding carboxylic acids is 2. The first-order valence-corrected chi connectivity index (χ1v) is 10.7. The first-order chi connectivity index (χ1) is 16.3. The fourth-order valence-electron chi connectivity index (χ4n) is 3.13. The second-order valence-corrected chi connectivity index (χ2v) is 7.97. The van der Waals surface area contributed by atoms with Gasteiger partial charge in [0.05, 0.1) is 35.8 Å². The molecule has 2 amide bonds. The van der Waals surface area contributed by atoms with Crippen molar-refractivity contribution in [3.63, 3.8) is 0 Å². The van der Waals surface area contributed by atoms with E-state index in [1.165, 1.54) is 31.5 Å². The van der Waals surface area contributed by atoms with Gasteiger partial charge in [-0.3, -0.25) is 9.59 Å². The summed E-state index contributed by atoms with van der Waals surface area (Å²) < 4.78 is 20.9. The Labute approximate surface area is 204 Å². The number of halogens is 3. The molecule has 0 radical (unpaired) electrons. The summed E-state index contributed by atoms with van der Waals surface area (Å²) in [4.78, 5) is 25.3. The van der Waals surface area contributed by atoms with E-state index in [9.17, 15) is 14.0 Å². The molecule has 4 aromatic rings. The van der Waals surface area contributed by atoms with E-state index in [4.69, 9.17) is 27.9 Å². The Morgan fingerprint density at radius 2 is 1.68 bits per heavy atom. The number of nitrogens with one attached hydrogen (secondary N) is 2. The molecule has 172 valence electrons. The number of benzene rings is 3. The first-order valence-electron chi connectivity index (χ1n) is 9.90. The van der Waals surface area contributed by atoms with Crippen molar-refractivity contribution in [3.8, 4) is 11.4 Å². The van der Waals surface area contributed by atoms with E-state index in [1.807, 2.05) is 0 Å². The van der Waals surface area contributed by atoms with Crippen LogP contribution in [0.5, 0.6) is 5.75 Å². The molecule has 0 unspecified atom stereocenters. The van der Waals surface area contributed by atoms with Crippen LogP contribution in [0.3, 0.4) is 0 Å². The van der Waals surface area contributed by atoms with E-state index >= 15 is 0 Å². The molecule has 0 saturated heterocycles. The lowest BCUT2D eigenvalue weighted by Gasteiger charge is -2.13. The third kappa shape index (κ3) is 5.19. The van der Waals surface area contributed by atoms with Crippen LogP contribution in [-0.2, 0) is 0 Å². The SMILES string of the molecule is COc1ccc(NC(=O)c2cnn(-c3ccc(Cl)cc3)c2)cc1NC(=O)c1ccc(Cl)cc1F. The van der Waals surface area contributed by atoms with Gasteiger partial charge in [0.1, 0.15) is 11.6 Å². The predicted molar refractivity (Wildman–Crippen MR) is 129 cm³/mol. The van der Waals surface area contributed by atoms with Gasteiger partial charge in [-0.05, 0) is 60.7 Å². The highest BCUT2D eigenvalue weighted by molar-refractivity contribution is 6.31. The van der Waals surface area contributed by atoms with Crippen LogP contribution >= 0.6 is 23.2 Å². The Kier molecular flexibility index (Phi) is 6.81. The number of hydrogen-bond acceptors (Lipinski definition) is 4. The maximum absolute atomic E-state index is 14.1. The summed E-state index contributed by atoms with van der Waals surface area (Å²) in [5.41, 5.74) is 1.51. The third-order valence-corrected chi connectivity index (χ3v) is 5.30. The largest absolute Gasteiger partial charge is 0.495 e. The van der Waals surface area contributed by atoms with Gasteiger partial charge in [0.15, 0.2) is 0 Å². The number of rotatable bonds is 6. The summed E-state index contributed by atoms with van der Waals surface area (Å²) in [7, 11) is 1.43. The number of anilines is 2. The molecule has 2 N–H and O–H groups in total. The minimum atomic E-state index is -0.758. The zero-order chi connectivity index (χ0) is 24.2. The first kappa shape index (κ1) is 23.3. The average Bonchev–Trinajstić information content (AvgIpc) is 3.30. The normalized spacial score (nSPS) is 10.6. The quantitative estimate of drug-likeness (QED) is 0.350. The summed E-state index contributed by atoms with van der Waals surface area (Å²) in [6, 6.07) is 15.4. The van der Waals surface area contributed by atoms with E-state index in [0.29, 0.717) is 22.0 Å². The minimum Gasteiger partial charge on any atom is -0.495 e. The predicted octanol–water partition coefficient (Wildman–Crippen LogP) is 5.83. The fraction of sp³-hybridized carbons (Fsp3) is 0.0417. The van der Waals surface area contributed by atoms with Gasteiger partial charge in [-0.25, -0.2) is 9.07 Å². The van der Waals surface area contributed by atoms with Crippen molar-refractivity contribution in [3.05, 3.63) is 100 Å². The van der Waals surface area contributed by atoms with Crippen molar-refractivity contribution in [2.24, 2.45) is 0 Å². The van der Waals surface area contributed by atoms with Crippen LogP contribution in [0.2, 0.25) is 10.0 Å². The van der Waals surface area contributed by atoms with Crippen LogP contribution in [0.4, 0.5) is 15.8 Å². The van der Waals surface area contributed by atoms with Gasteiger partial charge < -0.3 is 15.4 Å². The standard InChI is InChI=1S/C24H17Cl2FN4O3/c1-34-22-9-5-17(11-21(22)30-24(33)19-8-4-16(26)10-20(19)27)29-23(32)14-12-28-31(13-14)18-6-2-15(25)3-7-18/h2-13H,1H3,(H,29,32)(H,30,33). The van der Waals surface area contributed by atoms with Crippen molar-refractivity contribution in [2.75, 3.05) is 17.7 Å². The lowest BCUT2D eigenvalue weighted by Crippen LogP contribution is -2.15. The molecular weight excluding hydrogens is 482 g/mol. The number of aromatic nitrogens is 2. The summed E-state index contributed by atoms with van der Waals surface area (Å²) in [6.07, 6.45) is 3.01. The molecule has 1 aromatic heterocycles. The summed E-state index contributed by atoms with van der Waals surface area (Å²) in [5.74, 6) is -1.53. The molecule has 0 aliphatic heterocycles. The van der Waals surface area contributed by atoms with Crippen molar-refractivity contribution < 1.29 is 18.7 Å². The van der Waals surface area contributed by atoms with E-state index in [2.05, 4.69) is 15.7 Å². The third-order valence-electron chi connectivity index (χ3n) is 4.82. The molecule has 0 spiro atoms. The molecule has 0 atom stereocenters. The molecule has 3 aromatic carbocycles. The van der Waals surface area contributed by atoms with Crippen LogP contribution in [-0.4, -0.2) is 28.7 Å². The monoisotopic (exact) mass is 498 g/mol. The zero-order valence-corrected chi connectivity index (χ0v) is 19.2. The molecule has 0 aliphatic rings. The van der Waals surface area contributed by atoms with Crippen molar-refractivity contribution >= 4 is 46.4 Å². The summed E-state index contributed by atoms with van der Waals surface area (Å²) >= 11 is 11.7. The highest BCUT2D eigenvalue weighted by atomic mass is 35.5. The van der Waals surface area contributed by atoms with E-state index in [0.717, 1.165) is 11.8 Å². The lowest BCUT2D eigenvalue weighted by atomic mass is 10.2. The maximum atomic E-state index is 14.1. The molecule has 10 heteroatoms.